The van der Waals surface area contributed by atoms with Gasteiger partial charge >= 0.3 is 0 Å². The minimum atomic E-state index is -0.343. The van der Waals surface area contributed by atoms with Crippen molar-refractivity contribution in [1.29, 1.82) is 0 Å². The first kappa shape index (κ1) is 23.3. The number of hydrazone groups is 1. The van der Waals surface area contributed by atoms with Crippen molar-refractivity contribution in [2.24, 2.45) is 5.10 Å². The van der Waals surface area contributed by atoms with Crippen molar-refractivity contribution in [3.05, 3.63) is 87.6 Å². The molecule has 0 radical (unpaired) electrons. The number of hydrogen-bond donors (Lipinski definition) is 1. The van der Waals surface area contributed by atoms with E-state index in [2.05, 4.69) is 26.5 Å². The fourth-order valence-electron chi connectivity index (χ4n) is 2.74. The fourth-order valence-corrected chi connectivity index (χ4v) is 3.16. The van der Waals surface area contributed by atoms with Crippen molar-refractivity contribution < 1.29 is 23.4 Å². The zero-order valence-electron chi connectivity index (χ0n) is 17.6. The number of benzene rings is 3. The number of hydrogen-bond acceptors (Lipinski definition) is 5. The molecule has 3 aromatic rings. The van der Waals surface area contributed by atoms with Crippen LogP contribution in [-0.2, 0) is 6.61 Å². The zero-order chi connectivity index (χ0) is 22.9. The van der Waals surface area contributed by atoms with Gasteiger partial charge in [0.1, 0.15) is 18.2 Å². The summed E-state index contributed by atoms with van der Waals surface area (Å²) < 4.78 is 30.4. The SMILES string of the molecule is CCOc1cc(/C=N\NC(=O)c2ccc(OC)cc2)c(Br)cc1OCc1ccc(F)cc1. The van der Waals surface area contributed by atoms with E-state index in [0.717, 1.165) is 5.56 Å². The third-order valence-electron chi connectivity index (χ3n) is 4.39. The van der Waals surface area contributed by atoms with E-state index in [0.29, 0.717) is 39.5 Å². The van der Waals surface area contributed by atoms with Gasteiger partial charge in [-0.15, -0.1) is 0 Å². The largest absolute Gasteiger partial charge is 0.497 e. The monoisotopic (exact) mass is 500 g/mol. The topological polar surface area (TPSA) is 69.2 Å². The number of rotatable bonds is 9. The molecule has 32 heavy (non-hydrogen) atoms. The van der Waals surface area contributed by atoms with Crippen LogP contribution in [0.4, 0.5) is 4.39 Å². The van der Waals surface area contributed by atoms with E-state index in [1.165, 1.54) is 18.3 Å². The van der Waals surface area contributed by atoms with Crippen LogP contribution < -0.4 is 19.6 Å². The van der Waals surface area contributed by atoms with Crippen LogP contribution in [0.1, 0.15) is 28.4 Å². The summed E-state index contributed by atoms with van der Waals surface area (Å²) in [5.74, 6) is 1.08. The summed E-state index contributed by atoms with van der Waals surface area (Å²) in [6.07, 6.45) is 1.51. The first-order chi connectivity index (χ1) is 15.5. The van der Waals surface area contributed by atoms with Crippen molar-refractivity contribution >= 4 is 28.1 Å². The summed E-state index contributed by atoms with van der Waals surface area (Å²) in [5.41, 5.74) is 4.48. The normalized spacial score (nSPS) is 10.8. The van der Waals surface area contributed by atoms with Crippen molar-refractivity contribution in [3.8, 4) is 17.2 Å². The maximum Gasteiger partial charge on any atom is 0.271 e. The Kier molecular flexibility index (Phi) is 8.21. The number of halogens is 2. The summed E-state index contributed by atoms with van der Waals surface area (Å²) in [4.78, 5) is 12.2. The number of carbonyl (C=O) groups is 1. The average molecular weight is 501 g/mol. The summed E-state index contributed by atoms with van der Waals surface area (Å²) in [5, 5.41) is 4.04. The lowest BCUT2D eigenvalue weighted by molar-refractivity contribution is 0.0955. The van der Waals surface area contributed by atoms with Gasteiger partial charge in [0.25, 0.3) is 5.91 Å². The Bertz CT molecular complexity index is 1090. The lowest BCUT2D eigenvalue weighted by Crippen LogP contribution is -2.17. The van der Waals surface area contributed by atoms with Crippen molar-refractivity contribution in [1.82, 2.24) is 5.43 Å². The van der Waals surface area contributed by atoms with Crippen LogP contribution in [-0.4, -0.2) is 25.8 Å². The van der Waals surface area contributed by atoms with E-state index < -0.39 is 0 Å². The summed E-state index contributed by atoms with van der Waals surface area (Å²) >= 11 is 3.49. The molecule has 6 nitrogen and oxygen atoms in total. The Morgan fingerprint density at radius 3 is 2.41 bits per heavy atom. The second kappa shape index (κ2) is 11.3. The predicted octanol–water partition coefficient (Wildman–Crippen LogP) is 5.34. The highest BCUT2D eigenvalue weighted by Crippen LogP contribution is 2.33. The van der Waals surface area contributed by atoms with Gasteiger partial charge in [0.2, 0.25) is 0 Å². The molecule has 3 rings (SSSR count). The Labute approximate surface area is 194 Å². The van der Waals surface area contributed by atoms with Gasteiger partial charge in [0.15, 0.2) is 11.5 Å². The minimum absolute atomic E-state index is 0.262. The number of ether oxygens (including phenoxy) is 3. The van der Waals surface area contributed by atoms with E-state index in [4.69, 9.17) is 14.2 Å². The van der Waals surface area contributed by atoms with Gasteiger partial charge in [-0.2, -0.15) is 5.10 Å². The summed E-state index contributed by atoms with van der Waals surface area (Å²) in [6, 6.07) is 16.3. The van der Waals surface area contributed by atoms with E-state index in [-0.39, 0.29) is 18.3 Å². The lowest BCUT2D eigenvalue weighted by Gasteiger charge is -2.14. The highest BCUT2D eigenvalue weighted by atomic mass is 79.9. The molecular weight excluding hydrogens is 479 g/mol. The molecule has 1 amide bonds. The van der Waals surface area contributed by atoms with Crippen LogP contribution in [0.2, 0.25) is 0 Å². The Hall–Kier alpha value is -3.39. The molecule has 0 spiro atoms. The van der Waals surface area contributed by atoms with Crippen LogP contribution in [0.3, 0.4) is 0 Å². The molecular formula is C24H22BrFN2O4. The highest BCUT2D eigenvalue weighted by molar-refractivity contribution is 9.10. The van der Waals surface area contributed by atoms with Crippen molar-refractivity contribution in [3.63, 3.8) is 0 Å². The van der Waals surface area contributed by atoms with Gasteiger partial charge < -0.3 is 14.2 Å². The number of nitrogens with one attached hydrogen (secondary N) is 1. The molecule has 0 saturated heterocycles. The molecule has 3 aromatic carbocycles. The second-order valence-electron chi connectivity index (χ2n) is 6.60. The fraction of sp³-hybridized carbons (Fsp3) is 0.167. The van der Waals surface area contributed by atoms with Crippen LogP contribution in [0.5, 0.6) is 17.2 Å². The van der Waals surface area contributed by atoms with Crippen LogP contribution in [0.15, 0.2) is 70.2 Å². The highest BCUT2D eigenvalue weighted by Gasteiger charge is 2.11. The van der Waals surface area contributed by atoms with Crippen LogP contribution >= 0.6 is 15.9 Å². The molecule has 0 aliphatic heterocycles. The number of methoxy groups -OCH3 is 1. The standard InChI is InChI=1S/C24H22BrFN2O4/c1-3-31-22-12-18(14-27-28-24(29)17-6-10-20(30-2)11-7-17)21(25)13-23(22)32-15-16-4-8-19(26)9-5-16/h4-14H,3,15H2,1-2H3,(H,28,29)/b27-14-. The molecule has 0 unspecified atom stereocenters. The van der Waals surface area contributed by atoms with Gasteiger partial charge in [0.05, 0.1) is 19.9 Å². The first-order valence-electron chi connectivity index (χ1n) is 9.81. The Morgan fingerprint density at radius 2 is 1.75 bits per heavy atom. The first-order valence-corrected chi connectivity index (χ1v) is 10.6. The molecule has 0 aromatic heterocycles. The van der Waals surface area contributed by atoms with Crippen LogP contribution in [0.25, 0.3) is 0 Å². The van der Waals surface area contributed by atoms with E-state index in [1.807, 2.05) is 6.92 Å². The molecule has 0 aliphatic carbocycles. The molecule has 1 N–H and O–H groups in total. The average Bonchev–Trinajstić information content (AvgIpc) is 2.81. The van der Waals surface area contributed by atoms with Crippen molar-refractivity contribution in [2.75, 3.05) is 13.7 Å². The number of carbonyl (C=O) groups excluding carboxylic acids is 1. The molecule has 0 aliphatic rings. The van der Waals surface area contributed by atoms with Gasteiger partial charge in [-0.05, 0) is 76.9 Å². The zero-order valence-corrected chi connectivity index (χ0v) is 19.2. The molecule has 0 bridgehead atoms. The molecule has 0 saturated carbocycles. The Morgan fingerprint density at radius 1 is 1.06 bits per heavy atom. The second-order valence-corrected chi connectivity index (χ2v) is 7.45. The minimum Gasteiger partial charge on any atom is -0.497 e. The van der Waals surface area contributed by atoms with E-state index >= 15 is 0 Å². The maximum absolute atomic E-state index is 13.1. The number of nitrogens with zero attached hydrogens (tertiary/aromatic N) is 1. The summed E-state index contributed by atoms with van der Waals surface area (Å²) in [6.45, 7) is 2.58. The molecule has 0 heterocycles. The smallest absolute Gasteiger partial charge is 0.271 e. The van der Waals surface area contributed by atoms with Gasteiger partial charge in [-0.3, -0.25) is 4.79 Å². The van der Waals surface area contributed by atoms with Gasteiger partial charge in [-0.25, -0.2) is 9.82 Å². The van der Waals surface area contributed by atoms with Gasteiger partial charge in [-0.1, -0.05) is 12.1 Å². The lowest BCUT2D eigenvalue weighted by atomic mass is 10.2. The van der Waals surface area contributed by atoms with E-state index in [1.54, 1.807) is 55.6 Å². The molecule has 8 heteroatoms. The van der Waals surface area contributed by atoms with Crippen LogP contribution in [0, 0.1) is 5.82 Å². The predicted molar refractivity (Wildman–Crippen MR) is 124 cm³/mol. The molecule has 166 valence electrons. The maximum atomic E-state index is 13.1. The van der Waals surface area contributed by atoms with E-state index in [9.17, 15) is 9.18 Å². The number of amides is 1. The summed E-state index contributed by atoms with van der Waals surface area (Å²) in [7, 11) is 1.56. The third-order valence-corrected chi connectivity index (χ3v) is 5.08. The van der Waals surface area contributed by atoms with Crippen molar-refractivity contribution in [2.45, 2.75) is 13.5 Å². The quantitative estimate of drug-likeness (QED) is 0.318. The van der Waals surface area contributed by atoms with Gasteiger partial charge in [0, 0.05) is 15.6 Å². The third kappa shape index (κ3) is 6.31. The Balaban J connectivity index is 1.69. The molecule has 0 atom stereocenters. The molecule has 0 fully saturated rings.